The van der Waals surface area contributed by atoms with Gasteiger partial charge in [0.15, 0.2) is 12.4 Å². The highest BCUT2D eigenvalue weighted by atomic mass is 127. The number of benzene rings is 1. The molecule has 0 saturated carbocycles. The molecule has 1 aromatic heterocycles. The van der Waals surface area contributed by atoms with Crippen molar-refractivity contribution < 1.29 is 41.7 Å². The monoisotopic (exact) mass is 700 g/mol. The lowest BCUT2D eigenvalue weighted by molar-refractivity contribution is -0.694. The van der Waals surface area contributed by atoms with Crippen LogP contribution in [-0.4, -0.2) is 25.6 Å². The van der Waals surface area contributed by atoms with E-state index in [-0.39, 0.29) is 35.9 Å². The van der Waals surface area contributed by atoms with Crippen LogP contribution in [-0.2, 0) is 35.1 Å². The molecule has 0 N–H and O–H groups in total. The second kappa shape index (κ2) is 19.9. The lowest BCUT2D eigenvalue weighted by Crippen LogP contribution is -3.00. The molecule has 0 amide bonds. The average Bonchev–Trinajstić information content (AvgIpc) is 2.90. The molecule has 0 unspecified atom stereocenters. The molecule has 0 aliphatic heterocycles. The maximum absolute atomic E-state index is 12.9. The first kappa shape index (κ1) is 37.8. The van der Waals surface area contributed by atoms with Gasteiger partial charge >= 0.3 is 0 Å². The lowest BCUT2D eigenvalue weighted by Gasteiger charge is -2.27. The molecule has 234 valence electrons. The highest BCUT2D eigenvalue weighted by molar-refractivity contribution is 7.88. The predicted octanol–water partition coefficient (Wildman–Crippen LogP) is 5.34. The molecule has 0 bridgehead atoms. The van der Waals surface area contributed by atoms with Crippen LogP contribution in [0.1, 0.15) is 128 Å². The summed E-state index contributed by atoms with van der Waals surface area (Å²) in [5.41, 5.74) is 2.92. The molecule has 7 heteroatoms. The Labute approximate surface area is 269 Å². The fourth-order valence-corrected chi connectivity index (χ4v) is 5.90. The first-order valence-electron chi connectivity index (χ1n) is 15.7. The summed E-state index contributed by atoms with van der Waals surface area (Å²) in [5.74, 6) is 0.850. The minimum Gasteiger partial charge on any atom is -1.00 e. The minimum absolute atomic E-state index is 0. The minimum atomic E-state index is -3.43. The SMILES string of the molecule is CCCCCCCCCCCCCCOc1c(CN(Cc2ccc[n+](CC)c2)S(C)(=O)=O)cccc1C(C)(C)C.[I-]. The molecule has 41 heavy (non-hydrogen) atoms. The lowest BCUT2D eigenvalue weighted by atomic mass is 9.85. The number of rotatable bonds is 20. The summed E-state index contributed by atoms with van der Waals surface area (Å²) in [6.45, 7) is 13.0. The van der Waals surface area contributed by atoms with Crippen molar-refractivity contribution in [1.29, 1.82) is 0 Å². The van der Waals surface area contributed by atoms with Crippen LogP contribution >= 0.6 is 0 Å². The summed E-state index contributed by atoms with van der Waals surface area (Å²) in [6, 6.07) is 10.1. The molecule has 0 aliphatic rings. The number of halogens is 1. The van der Waals surface area contributed by atoms with Gasteiger partial charge in [-0.1, -0.05) is 117 Å². The van der Waals surface area contributed by atoms with Crippen LogP contribution < -0.4 is 33.3 Å². The van der Waals surface area contributed by atoms with Gasteiger partial charge < -0.3 is 28.7 Å². The van der Waals surface area contributed by atoms with Crippen LogP contribution in [0.25, 0.3) is 0 Å². The molecule has 0 saturated heterocycles. The molecular weight excluding hydrogens is 643 g/mol. The number of para-hydroxylation sites is 1. The molecule has 0 spiro atoms. The van der Waals surface area contributed by atoms with E-state index in [0.717, 1.165) is 35.4 Å². The molecule has 1 heterocycles. The number of sulfonamides is 1. The number of nitrogens with zero attached hydrogens (tertiary/aromatic N) is 2. The Morgan fingerprint density at radius 2 is 1.39 bits per heavy atom. The Morgan fingerprint density at radius 3 is 1.93 bits per heavy atom. The Morgan fingerprint density at radius 1 is 0.805 bits per heavy atom. The molecule has 5 nitrogen and oxygen atoms in total. The van der Waals surface area contributed by atoms with Gasteiger partial charge in [0.05, 0.1) is 12.9 Å². The van der Waals surface area contributed by atoms with Gasteiger partial charge in [-0.15, -0.1) is 0 Å². The molecule has 2 aromatic rings. The van der Waals surface area contributed by atoms with Crippen molar-refractivity contribution in [2.75, 3.05) is 12.9 Å². The third kappa shape index (κ3) is 14.7. The van der Waals surface area contributed by atoms with Gasteiger partial charge in [-0.05, 0) is 30.4 Å². The fourth-order valence-electron chi connectivity index (χ4n) is 5.14. The third-order valence-electron chi connectivity index (χ3n) is 7.61. The molecule has 2 rings (SSSR count). The molecule has 0 fully saturated rings. The van der Waals surface area contributed by atoms with Gasteiger partial charge in [-0.25, -0.2) is 13.0 Å². The Bertz CT molecular complexity index is 1100. The van der Waals surface area contributed by atoms with E-state index in [1.807, 2.05) is 36.7 Å². The normalized spacial score (nSPS) is 12.0. The van der Waals surface area contributed by atoms with Crippen molar-refractivity contribution in [2.45, 2.75) is 137 Å². The van der Waals surface area contributed by atoms with E-state index in [1.54, 1.807) is 4.31 Å². The van der Waals surface area contributed by atoms with Gasteiger partial charge in [0.1, 0.15) is 12.3 Å². The zero-order chi connectivity index (χ0) is 29.4. The fraction of sp³-hybridized carbons (Fsp3) is 0.676. The summed E-state index contributed by atoms with van der Waals surface area (Å²) in [7, 11) is -3.43. The van der Waals surface area contributed by atoms with Gasteiger partial charge in [-0.2, -0.15) is 4.31 Å². The molecule has 0 radical (unpaired) electrons. The Balaban J connectivity index is 0.00000840. The predicted molar refractivity (Wildman–Crippen MR) is 168 cm³/mol. The maximum atomic E-state index is 12.9. The first-order valence-corrected chi connectivity index (χ1v) is 17.6. The average molecular weight is 701 g/mol. The number of ether oxygens (including phenoxy) is 1. The van der Waals surface area contributed by atoms with Crippen molar-refractivity contribution in [3.05, 3.63) is 59.4 Å². The van der Waals surface area contributed by atoms with Crippen molar-refractivity contribution in [3.63, 3.8) is 0 Å². The standard InChI is InChI=1S/C34H57N2O3S.HI/c1-7-9-10-11-12-13-14-15-16-17-18-19-26-39-33-31(23-20-24-32(33)34(3,4)5)29-36(40(6,37)38)28-30-22-21-25-35(8-2)27-30;/h20-25,27H,7-19,26,28-29H2,1-6H3;1H/q+1;/p-1. The van der Waals surface area contributed by atoms with Crippen molar-refractivity contribution in [3.8, 4) is 5.75 Å². The summed E-state index contributed by atoms with van der Waals surface area (Å²) < 4.78 is 35.8. The molecule has 0 atom stereocenters. The van der Waals surface area contributed by atoms with E-state index in [1.165, 1.54) is 76.9 Å². The topological polar surface area (TPSA) is 50.5 Å². The van der Waals surface area contributed by atoms with E-state index in [2.05, 4.69) is 45.3 Å². The maximum Gasteiger partial charge on any atom is 0.211 e. The summed E-state index contributed by atoms with van der Waals surface area (Å²) in [4.78, 5) is 0. The largest absolute Gasteiger partial charge is 1.00 e. The van der Waals surface area contributed by atoms with Crippen LogP contribution in [0.3, 0.4) is 0 Å². The van der Waals surface area contributed by atoms with Gasteiger partial charge in [-0.3, -0.25) is 0 Å². The highest BCUT2D eigenvalue weighted by Gasteiger charge is 2.25. The molecule has 0 aliphatic carbocycles. The third-order valence-corrected chi connectivity index (χ3v) is 8.80. The number of hydrogen-bond acceptors (Lipinski definition) is 3. The van der Waals surface area contributed by atoms with E-state index < -0.39 is 10.0 Å². The van der Waals surface area contributed by atoms with Gasteiger partial charge in [0.2, 0.25) is 10.0 Å². The van der Waals surface area contributed by atoms with E-state index in [9.17, 15) is 8.42 Å². The van der Waals surface area contributed by atoms with Crippen LogP contribution in [0.2, 0.25) is 0 Å². The second-order valence-electron chi connectivity index (χ2n) is 12.4. The van der Waals surface area contributed by atoms with Crippen LogP contribution in [0.5, 0.6) is 5.75 Å². The zero-order valence-corrected chi connectivity index (χ0v) is 29.7. The number of pyridine rings is 1. The molecular formula is C34H57IN2O3S. The zero-order valence-electron chi connectivity index (χ0n) is 26.8. The van der Waals surface area contributed by atoms with Crippen LogP contribution in [0.4, 0.5) is 0 Å². The Hall–Kier alpha value is -1.19. The van der Waals surface area contributed by atoms with Crippen molar-refractivity contribution in [2.24, 2.45) is 0 Å². The first-order chi connectivity index (χ1) is 19.1. The Kier molecular flexibility index (Phi) is 18.4. The van der Waals surface area contributed by atoms with Crippen molar-refractivity contribution in [1.82, 2.24) is 4.31 Å². The van der Waals surface area contributed by atoms with E-state index in [0.29, 0.717) is 13.2 Å². The van der Waals surface area contributed by atoms with Crippen LogP contribution in [0.15, 0.2) is 42.7 Å². The summed E-state index contributed by atoms with van der Waals surface area (Å²) in [5, 5.41) is 0. The second-order valence-corrected chi connectivity index (χ2v) is 14.3. The van der Waals surface area contributed by atoms with Crippen molar-refractivity contribution >= 4 is 10.0 Å². The van der Waals surface area contributed by atoms with E-state index >= 15 is 0 Å². The number of hydrogen-bond donors (Lipinski definition) is 0. The highest BCUT2D eigenvalue weighted by Crippen LogP contribution is 2.35. The van der Waals surface area contributed by atoms with E-state index in [4.69, 9.17) is 4.74 Å². The smallest absolute Gasteiger partial charge is 0.211 e. The quantitative estimate of drug-likeness (QED) is 0.107. The summed E-state index contributed by atoms with van der Waals surface area (Å²) >= 11 is 0. The summed E-state index contributed by atoms with van der Waals surface area (Å²) in [6.07, 6.45) is 21.0. The van der Waals surface area contributed by atoms with Crippen LogP contribution in [0, 0.1) is 0 Å². The molecule has 1 aromatic carbocycles. The van der Waals surface area contributed by atoms with Gasteiger partial charge in [0.25, 0.3) is 0 Å². The number of aryl methyl sites for hydroxylation is 1. The number of unbranched alkanes of at least 4 members (excludes halogenated alkanes) is 11. The number of aromatic nitrogens is 1. The van der Waals surface area contributed by atoms with Gasteiger partial charge in [0, 0.05) is 30.3 Å².